The first kappa shape index (κ1) is 58.1. The van der Waals surface area contributed by atoms with E-state index < -0.39 is 0 Å². The van der Waals surface area contributed by atoms with Crippen molar-refractivity contribution in [3.63, 3.8) is 0 Å². The van der Waals surface area contributed by atoms with Gasteiger partial charge in [0.15, 0.2) is 34.7 Å². The van der Waals surface area contributed by atoms with Crippen molar-refractivity contribution in [1.29, 1.82) is 0 Å². The van der Waals surface area contributed by atoms with E-state index >= 15 is 0 Å². The van der Waals surface area contributed by atoms with Crippen molar-refractivity contribution in [2.45, 2.75) is 61.3 Å². The SMILES string of the molecule is CCOCC.CCOCC.CCOCC.CCl.CCl.Cc1ccccc1.Cc1ccccc1.ClCc1ccccc1.[AlH3].[AlH3]. The first-order chi connectivity index (χ1) is 20.0. The minimum atomic E-state index is 0. The zero-order chi connectivity index (χ0) is 32.4. The van der Waals surface area contributed by atoms with Crippen LogP contribution in [-0.2, 0) is 20.1 Å². The van der Waals surface area contributed by atoms with Crippen molar-refractivity contribution in [3.05, 3.63) is 108 Å². The van der Waals surface area contributed by atoms with E-state index in [4.69, 9.17) is 25.8 Å². The summed E-state index contributed by atoms with van der Waals surface area (Å²) in [6.45, 7) is 21.2. The standard InChI is InChI=1S/C7H7Cl.2C7H8.3C4H10O.2CH3Cl.2Al.6H/c8-6-7-4-2-1-3-5-7;2*1-7-5-3-2-4-6-7;3*1-3-5-4-2;2*1-2;;;;;;;;/h1-5H,6H2;2*2-6H,1H3;3*3-4H2,1-2H3;2*1H3;;;;;;;;. The minimum absolute atomic E-state index is 0. The number of hydrogen-bond acceptors (Lipinski definition) is 3. The summed E-state index contributed by atoms with van der Waals surface area (Å²) in [4.78, 5) is 0. The second-order valence-electron chi connectivity index (χ2n) is 7.27. The molecule has 0 saturated carbocycles. The number of hydrogen-bond donors (Lipinski definition) is 0. The summed E-state index contributed by atoms with van der Waals surface area (Å²) in [5.41, 5.74) is 3.82. The van der Waals surface area contributed by atoms with Gasteiger partial charge in [-0.05, 0) is 61.0 Å². The first-order valence-electron chi connectivity index (χ1n) is 14.1. The Balaban J connectivity index is -0.0000000707. The third kappa shape index (κ3) is 65.2. The van der Waals surface area contributed by atoms with Gasteiger partial charge in [0, 0.05) is 58.3 Å². The zero-order valence-electron chi connectivity index (χ0n) is 27.5. The molecule has 43 heavy (non-hydrogen) atoms. The van der Waals surface area contributed by atoms with Gasteiger partial charge in [-0.15, -0.1) is 34.8 Å². The maximum absolute atomic E-state index is 5.53. The summed E-state index contributed by atoms with van der Waals surface area (Å²) < 4.78 is 14.5. The fourth-order valence-corrected chi connectivity index (χ4v) is 2.43. The predicted molar refractivity (Wildman–Crippen MR) is 208 cm³/mol. The van der Waals surface area contributed by atoms with E-state index in [2.05, 4.69) is 61.3 Å². The molecule has 250 valence electrons. The Kier molecular flexibility index (Phi) is 81.9. The van der Waals surface area contributed by atoms with Gasteiger partial charge in [-0.3, -0.25) is 0 Å². The van der Waals surface area contributed by atoms with E-state index in [1.165, 1.54) is 29.5 Å². The molecule has 0 N–H and O–H groups in total. The lowest BCUT2D eigenvalue weighted by Gasteiger charge is -1.88. The van der Waals surface area contributed by atoms with Gasteiger partial charge in [-0.1, -0.05) is 102 Å². The van der Waals surface area contributed by atoms with Crippen LogP contribution in [0.3, 0.4) is 0 Å². The summed E-state index contributed by atoms with van der Waals surface area (Å²) in [5, 5.41) is 0. The third-order valence-corrected chi connectivity index (χ3v) is 4.41. The Morgan fingerprint density at radius 2 is 0.628 bits per heavy atom. The molecule has 0 aliphatic rings. The summed E-state index contributed by atoms with van der Waals surface area (Å²) >= 11 is 14.8. The molecule has 0 aliphatic carbocycles. The highest BCUT2D eigenvalue weighted by Crippen LogP contribution is 2.00. The normalized spacial score (nSPS) is 7.74. The van der Waals surface area contributed by atoms with Crippen molar-refractivity contribution >= 4 is 69.5 Å². The molecule has 0 amide bonds. The fourth-order valence-electron chi connectivity index (χ4n) is 2.25. The lowest BCUT2D eigenvalue weighted by molar-refractivity contribution is 0.162. The lowest BCUT2D eigenvalue weighted by Crippen LogP contribution is -1.84. The molecular weight excluding hydrogens is 629 g/mol. The number of halogens is 3. The van der Waals surface area contributed by atoms with Crippen LogP contribution in [0.15, 0.2) is 91.0 Å². The average molecular weight is 694 g/mol. The van der Waals surface area contributed by atoms with Crippen LogP contribution in [0.25, 0.3) is 0 Å². The highest BCUT2D eigenvalue weighted by atomic mass is 35.5. The van der Waals surface area contributed by atoms with Crippen LogP contribution >= 0.6 is 34.8 Å². The van der Waals surface area contributed by atoms with Gasteiger partial charge in [0.2, 0.25) is 0 Å². The van der Waals surface area contributed by atoms with Crippen molar-refractivity contribution < 1.29 is 14.2 Å². The van der Waals surface area contributed by atoms with E-state index in [-0.39, 0.29) is 34.7 Å². The third-order valence-electron chi connectivity index (χ3n) is 4.10. The molecule has 0 bridgehead atoms. The van der Waals surface area contributed by atoms with Crippen LogP contribution in [0.5, 0.6) is 0 Å². The van der Waals surface area contributed by atoms with E-state index in [1.54, 1.807) is 0 Å². The van der Waals surface area contributed by atoms with Crippen LogP contribution in [0.2, 0.25) is 0 Å². The van der Waals surface area contributed by atoms with E-state index in [9.17, 15) is 0 Å². The first-order valence-corrected chi connectivity index (χ1v) is 16.1. The van der Waals surface area contributed by atoms with Gasteiger partial charge in [0.1, 0.15) is 0 Å². The van der Waals surface area contributed by atoms with Crippen molar-refractivity contribution in [1.82, 2.24) is 0 Å². The molecule has 0 spiro atoms. The molecule has 3 aromatic carbocycles. The Hall–Kier alpha value is -0.525. The van der Waals surface area contributed by atoms with Gasteiger partial charge < -0.3 is 14.2 Å². The van der Waals surface area contributed by atoms with Gasteiger partial charge in [0.05, 0.1) is 0 Å². The molecule has 0 fully saturated rings. The second kappa shape index (κ2) is 60.6. The predicted octanol–water partition coefficient (Wildman–Crippen LogP) is 8.89. The van der Waals surface area contributed by atoms with Crippen molar-refractivity contribution in [3.8, 4) is 0 Å². The molecular formula is C35H65Al2Cl3O3. The Morgan fingerprint density at radius 3 is 0.721 bits per heavy atom. The summed E-state index contributed by atoms with van der Waals surface area (Å²) in [6, 6.07) is 30.5. The van der Waals surface area contributed by atoms with Gasteiger partial charge in [-0.2, -0.15) is 0 Å². The number of benzene rings is 3. The van der Waals surface area contributed by atoms with Crippen LogP contribution < -0.4 is 0 Å². The topological polar surface area (TPSA) is 27.7 Å². The summed E-state index contributed by atoms with van der Waals surface area (Å²) in [7, 11) is 0. The summed E-state index contributed by atoms with van der Waals surface area (Å²) in [6.07, 6.45) is 2.94. The maximum Gasteiger partial charge on any atom is 0.187 e. The van der Waals surface area contributed by atoms with Gasteiger partial charge >= 0.3 is 0 Å². The molecule has 0 unspecified atom stereocenters. The van der Waals surface area contributed by atoms with Gasteiger partial charge in [-0.25, -0.2) is 0 Å². The fraction of sp³-hybridized carbons (Fsp3) is 0.486. The molecule has 0 heterocycles. The van der Waals surface area contributed by atoms with Crippen molar-refractivity contribution in [2.24, 2.45) is 0 Å². The molecule has 3 aromatic rings. The molecule has 0 atom stereocenters. The quantitative estimate of drug-likeness (QED) is 0.183. The molecule has 3 nitrogen and oxygen atoms in total. The Morgan fingerprint density at radius 1 is 0.419 bits per heavy atom. The molecule has 0 aromatic heterocycles. The Bertz CT molecular complexity index is 700. The minimum Gasteiger partial charge on any atom is -0.382 e. The smallest absolute Gasteiger partial charge is 0.187 e. The van der Waals surface area contributed by atoms with Crippen molar-refractivity contribution in [2.75, 3.05) is 52.4 Å². The lowest BCUT2D eigenvalue weighted by atomic mass is 10.2. The monoisotopic (exact) mass is 692 g/mol. The van der Waals surface area contributed by atoms with E-state index in [0.29, 0.717) is 5.88 Å². The molecule has 0 radical (unpaired) electrons. The number of rotatable bonds is 7. The van der Waals surface area contributed by atoms with Crippen LogP contribution in [-0.4, -0.2) is 87.1 Å². The van der Waals surface area contributed by atoms with Crippen LogP contribution in [0.4, 0.5) is 0 Å². The number of alkyl halides is 3. The Labute approximate surface area is 303 Å². The molecule has 3 rings (SSSR count). The highest BCUT2D eigenvalue weighted by Gasteiger charge is 1.81. The summed E-state index contributed by atoms with van der Waals surface area (Å²) in [5.74, 6) is 0.612. The van der Waals surface area contributed by atoms with Crippen LogP contribution in [0, 0.1) is 13.8 Å². The number of aryl methyl sites for hydroxylation is 2. The van der Waals surface area contributed by atoms with Crippen LogP contribution in [0.1, 0.15) is 58.2 Å². The number of ether oxygens (including phenoxy) is 3. The van der Waals surface area contributed by atoms with E-state index in [0.717, 1.165) is 39.6 Å². The van der Waals surface area contributed by atoms with E-state index in [1.807, 2.05) is 108 Å². The molecule has 0 saturated heterocycles. The second-order valence-corrected chi connectivity index (χ2v) is 7.54. The largest absolute Gasteiger partial charge is 0.382 e. The zero-order valence-corrected chi connectivity index (χ0v) is 29.7. The maximum atomic E-state index is 5.53. The highest BCUT2D eigenvalue weighted by molar-refractivity contribution is 6.17. The average Bonchev–Trinajstić information content (AvgIpc) is 3.03. The van der Waals surface area contributed by atoms with Gasteiger partial charge in [0.25, 0.3) is 0 Å². The molecule has 8 heteroatoms. The molecule has 0 aliphatic heterocycles.